The van der Waals surface area contributed by atoms with Gasteiger partial charge in [-0.2, -0.15) is 0 Å². The number of carbonyl (C=O) groups is 2. The van der Waals surface area contributed by atoms with E-state index in [4.69, 9.17) is 16.3 Å². The molecule has 0 bridgehead atoms. The second kappa shape index (κ2) is 8.72. The maximum Gasteiger partial charge on any atom is 0.247 e. The standard InChI is InChI=1S/C20H21ClN2O3/c21-16-7-4-6-15(14-16)19-20(25)22-11-12-23(19)18(24)10-5-13-26-17-8-2-1-3-9-17/h1-4,6-9,14,19H,5,10-13H2,(H,22,25). The molecule has 1 fully saturated rings. The highest BCUT2D eigenvalue weighted by Crippen LogP contribution is 2.26. The number of hydrogen-bond acceptors (Lipinski definition) is 3. The van der Waals surface area contributed by atoms with E-state index >= 15 is 0 Å². The normalized spacial score (nSPS) is 16.9. The van der Waals surface area contributed by atoms with Gasteiger partial charge in [-0.15, -0.1) is 0 Å². The molecule has 1 atom stereocenters. The van der Waals surface area contributed by atoms with E-state index in [1.54, 1.807) is 23.1 Å². The summed E-state index contributed by atoms with van der Waals surface area (Å²) in [6, 6.07) is 16.0. The van der Waals surface area contributed by atoms with Gasteiger partial charge in [-0.3, -0.25) is 9.59 Å². The number of para-hydroxylation sites is 1. The van der Waals surface area contributed by atoms with Gasteiger partial charge in [-0.25, -0.2) is 0 Å². The number of ether oxygens (including phenoxy) is 1. The van der Waals surface area contributed by atoms with Crippen molar-refractivity contribution in [3.8, 4) is 5.75 Å². The molecule has 26 heavy (non-hydrogen) atoms. The highest BCUT2D eigenvalue weighted by atomic mass is 35.5. The predicted octanol–water partition coefficient (Wildman–Crippen LogP) is 3.20. The number of nitrogens with one attached hydrogen (secondary N) is 1. The molecule has 0 radical (unpaired) electrons. The van der Waals surface area contributed by atoms with Crippen LogP contribution in [0.2, 0.25) is 5.02 Å². The van der Waals surface area contributed by atoms with E-state index in [0.717, 1.165) is 11.3 Å². The van der Waals surface area contributed by atoms with E-state index in [-0.39, 0.29) is 11.8 Å². The smallest absolute Gasteiger partial charge is 0.247 e. The van der Waals surface area contributed by atoms with Gasteiger partial charge in [-0.1, -0.05) is 41.9 Å². The van der Waals surface area contributed by atoms with E-state index < -0.39 is 6.04 Å². The van der Waals surface area contributed by atoms with E-state index in [0.29, 0.717) is 37.6 Å². The largest absolute Gasteiger partial charge is 0.494 e. The fourth-order valence-electron chi connectivity index (χ4n) is 3.02. The Labute approximate surface area is 157 Å². The average Bonchev–Trinajstić information content (AvgIpc) is 2.65. The predicted molar refractivity (Wildman–Crippen MR) is 100 cm³/mol. The van der Waals surface area contributed by atoms with Gasteiger partial charge in [0.2, 0.25) is 11.8 Å². The summed E-state index contributed by atoms with van der Waals surface area (Å²) in [5.74, 6) is 0.558. The fourth-order valence-corrected chi connectivity index (χ4v) is 3.22. The number of piperazine rings is 1. The Balaban J connectivity index is 1.60. The number of hydrogen-bond donors (Lipinski definition) is 1. The van der Waals surface area contributed by atoms with Crippen molar-refractivity contribution in [2.24, 2.45) is 0 Å². The molecule has 0 spiro atoms. The quantitative estimate of drug-likeness (QED) is 0.792. The molecule has 1 N–H and O–H groups in total. The Kier molecular flexibility index (Phi) is 6.12. The lowest BCUT2D eigenvalue weighted by molar-refractivity contribution is -0.143. The van der Waals surface area contributed by atoms with Crippen molar-refractivity contribution in [3.63, 3.8) is 0 Å². The zero-order valence-electron chi connectivity index (χ0n) is 14.4. The minimum Gasteiger partial charge on any atom is -0.494 e. The molecule has 2 amide bonds. The topological polar surface area (TPSA) is 58.6 Å². The third-order valence-corrected chi connectivity index (χ3v) is 4.48. The Morgan fingerprint density at radius 1 is 1.19 bits per heavy atom. The molecule has 0 aromatic heterocycles. The van der Waals surface area contributed by atoms with Crippen LogP contribution < -0.4 is 10.1 Å². The highest BCUT2D eigenvalue weighted by molar-refractivity contribution is 6.30. The van der Waals surface area contributed by atoms with Crippen LogP contribution in [0.1, 0.15) is 24.4 Å². The van der Waals surface area contributed by atoms with Crippen molar-refractivity contribution in [1.29, 1.82) is 0 Å². The number of nitrogens with zero attached hydrogens (tertiary/aromatic N) is 1. The van der Waals surface area contributed by atoms with Crippen molar-refractivity contribution in [1.82, 2.24) is 10.2 Å². The van der Waals surface area contributed by atoms with Gasteiger partial charge >= 0.3 is 0 Å². The molecule has 3 rings (SSSR count). The van der Waals surface area contributed by atoms with Gasteiger partial charge in [0.05, 0.1) is 6.61 Å². The van der Waals surface area contributed by atoms with Crippen molar-refractivity contribution >= 4 is 23.4 Å². The molecular formula is C20H21ClN2O3. The van der Waals surface area contributed by atoms with Crippen LogP contribution in [0.4, 0.5) is 0 Å². The first-order chi connectivity index (χ1) is 12.6. The number of halogens is 1. The van der Waals surface area contributed by atoms with Crippen molar-refractivity contribution in [2.75, 3.05) is 19.7 Å². The van der Waals surface area contributed by atoms with E-state index in [1.807, 2.05) is 36.4 Å². The molecule has 6 heteroatoms. The summed E-state index contributed by atoms with van der Waals surface area (Å²) in [7, 11) is 0. The lowest BCUT2D eigenvalue weighted by atomic mass is 10.0. The van der Waals surface area contributed by atoms with Gasteiger partial charge in [0.1, 0.15) is 11.8 Å². The molecular weight excluding hydrogens is 352 g/mol. The lowest BCUT2D eigenvalue weighted by Crippen LogP contribution is -2.52. The van der Waals surface area contributed by atoms with Crippen LogP contribution in [0.25, 0.3) is 0 Å². The number of benzene rings is 2. The van der Waals surface area contributed by atoms with E-state index in [2.05, 4.69) is 5.32 Å². The molecule has 0 aliphatic carbocycles. The molecule has 1 saturated heterocycles. The van der Waals surface area contributed by atoms with Crippen LogP contribution in [-0.4, -0.2) is 36.4 Å². The number of carbonyl (C=O) groups excluding carboxylic acids is 2. The Morgan fingerprint density at radius 2 is 2.00 bits per heavy atom. The first kappa shape index (κ1) is 18.3. The molecule has 2 aromatic carbocycles. The maximum atomic E-state index is 12.7. The van der Waals surface area contributed by atoms with Crippen LogP contribution in [-0.2, 0) is 9.59 Å². The third-order valence-electron chi connectivity index (χ3n) is 4.24. The summed E-state index contributed by atoms with van der Waals surface area (Å²) in [6.07, 6.45) is 0.922. The first-order valence-corrected chi connectivity index (χ1v) is 9.03. The molecule has 1 aliphatic heterocycles. The summed E-state index contributed by atoms with van der Waals surface area (Å²) < 4.78 is 5.62. The molecule has 0 saturated carbocycles. The van der Waals surface area contributed by atoms with Crippen LogP contribution in [0.5, 0.6) is 5.75 Å². The zero-order valence-corrected chi connectivity index (χ0v) is 15.1. The van der Waals surface area contributed by atoms with Gasteiger partial charge in [0.25, 0.3) is 0 Å². The maximum absolute atomic E-state index is 12.7. The van der Waals surface area contributed by atoms with Crippen LogP contribution in [0.15, 0.2) is 54.6 Å². The summed E-state index contributed by atoms with van der Waals surface area (Å²) in [5, 5.41) is 3.37. The summed E-state index contributed by atoms with van der Waals surface area (Å²) >= 11 is 6.05. The lowest BCUT2D eigenvalue weighted by Gasteiger charge is -2.35. The van der Waals surface area contributed by atoms with Crippen LogP contribution in [0.3, 0.4) is 0 Å². The minimum absolute atomic E-state index is 0.0542. The van der Waals surface area contributed by atoms with Gasteiger partial charge < -0.3 is 15.0 Å². The number of rotatable bonds is 6. The van der Waals surface area contributed by atoms with Crippen molar-refractivity contribution in [2.45, 2.75) is 18.9 Å². The summed E-state index contributed by atoms with van der Waals surface area (Å²) in [4.78, 5) is 26.7. The van der Waals surface area contributed by atoms with Crippen molar-refractivity contribution in [3.05, 3.63) is 65.2 Å². The molecule has 136 valence electrons. The monoisotopic (exact) mass is 372 g/mol. The highest BCUT2D eigenvalue weighted by Gasteiger charge is 2.34. The molecule has 1 unspecified atom stereocenters. The molecule has 5 nitrogen and oxygen atoms in total. The molecule has 2 aromatic rings. The minimum atomic E-state index is -0.634. The van der Waals surface area contributed by atoms with E-state index in [9.17, 15) is 9.59 Å². The molecule has 1 heterocycles. The third kappa shape index (κ3) is 4.55. The average molecular weight is 373 g/mol. The first-order valence-electron chi connectivity index (χ1n) is 8.65. The SMILES string of the molecule is O=C1NCCN(C(=O)CCCOc2ccccc2)C1c1cccc(Cl)c1. The summed E-state index contributed by atoms with van der Waals surface area (Å²) in [6.45, 7) is 1.40. The summed E-state index contributed by atoms with van der Waals surface area (Å²) in [5.41, 5.74) is 0.726. The van der Waals surface area contributed by atoms with Gasteiger partial charge in [0.15, 0.2) is 0 Å². The van der Waals surface area contributed by atoms with E-state index in [1.165, 1.54) is 0 Å². The van der Waals surface area contributed by atoms with Gasteiger partial charge in [0, 0.05) is 24.5 Å². The van der Waals surface area contributed by atoms with Crippen molar-refractivity contribution < 1.29 is 14.3 Å². The van der Waals surface area contributed by atoms with Crippen LogP contribution >= 0.6 is 11.6 Å². The fraction of sp³-hybridized carbons (Fsp3) is 0.300. The Bertz CT molecular complexity index is 767. The second-order valence-corrected chi connectivity index (χ2v) is 6.54. The molecule has 1 aliphatic rings. The van der Waals surface area contributed by atoms with Crippen LogP contribution in [0, 0.1) is 0 Å². The Hall–Kier alpha value is -2.53. The number of amides is 2. The second-order valence-electron chi connectivity index (χ2n) is 6.10. The Morgan fingerprint density at radius 3 is 2.77 bits per heavy atom. The zero-order chi connectivity index (χ0) is 18.4. The van der Waals surface area contributed by atoms with Gasteiger partial charge in [-0.05, 0) is 36.2 Å².